The minimum Gasteiger partial charge on any atom is -0.507 e. The maximum absolute atomic E-state index is 12.2. The highest BCUT2D eigenvalue weighted by molar-refractivity contribution is 9.10. The molecule has 1 aliphatic heterocycles. The molecule has 1 heterocycles. The first kappa shape index (κ1) is 14.7. The number of benzene rings is 2. The number of phenols is 1. The maximum atomic E-state index is 12.2. The van der Waals surface area contributed by atoms with E-state index in [1.807, 2.05) is 18.2 Å². The summed E-state index contributed by atoms with van der Waals surface area (Å²) in [5.41, 5.74) is 1.08. The summed E-state index contributed by atoms with van der Waals surface area (Å²) in [6, 6.07) is 10.2. The molecular weight excluding hydrogens is 348 g/mol. The van der Waals surface area contributed by atoms with Crippen molar-refractivity contribution in [3.8, 4) is 17.2 Å². The van der Waals surface area contributed by atoms with Crippen LogP contribution >= 0.6 is 15.9 Å². The van der Waals surface area contributed by atoms with Crippen molar-refractivity contribution in [1.29, 1.82) is 0 Å². The summed E-state index contributed by atoms with van der Waals surface area (Å²) in [6.07, 6.45) is 3.10. The Hall–Kier alpha value is -2.27. The zero-order valence-electron chi connectivity index (χ0n) is 11.6. The van der Waals surface area contributed by atoms with E-state index in [0.29, 0.717) is 24.7 Å². The van der Waals surface area contributed by atoms with Crippen molar-refractivity contribution in [2.75, 3.05) is 13.2 Å². The first-order valence-corrected chi connectivity index (χ1v) is 7.53. The molecule has 3 rings (SSSR count). The first-order chi connectivity index (χ1) is 10.6. The molecule has 1 aliphatic rings. The Bertz CT molecular complexity index is 752. The SMILES string of the molecule is O=C(C=Cc1ccc2c(c1)OCCO2)c1cc(Br)ccc1O. The van der Waals surface area contributed by atoms with E-state index in [2.05, 4.69) is 15.9 Å². The zero-order valence-corrected chi connectivity index (χ0v) is 13.2. The Morgan fingerprint density at radius 1 is 1.09 bits per heavy atom. The van der Waals surface area contributed by atoms with Crippen LogP contribution in [-0.4, -0.2) is 24.1 Å². The quantitative estimate of drug-likeness (QED) is 0.667. The second-order valence-corrected chi connectivity index (χ2v) is 5.68. The summed E-state index contributed by atoms with van der Waals surface area (Å²) in [4.78, 5) is 12.2. The normalized spacial score (nSPS) is 13.3. The monoisotopic (exact) mass is 360 g/mol. The second kappa shape index (κ2) is 6.23. The van der Waals surface area contributed by atoms with Crippen LogP contribution in [0.4, 0.5) is 0 Å². The van der Waals surface area contributed by atoms with Crippen LogP contribution in [0.3, 0.4) is 0 Å². The van der Waals surface area contributed by atoms with Gasteiger partial charge in [0.25, 0.3) is 0 Å². The van der Waals surface area contributed by atoms with Crippen LogP contribution in [0.2, 0.25) is 0 Å². The zero-order chi connectivity index (χ0) is 15.5. The molecule has 0 saturated heterocycles. The Balaban J connectivity index is 1.81. The number of hydrogen-bond donors (Lipinski definition) is 1. The molecule has 0 saturated carbocycles. The predicted octanol–water partition coefficient (Wildman–Crippen LogP) is 3.82. The van der Waals surface area contributed by atoms with Crippen molar-refractivity contribution < 1.29 is 19.4 Å². The summed E-state index contributed by atoms with van der Waals surface area (Å²) >= 11 is 3.28. The van der Waals surface area contributed by atoms with Crippen molar-refractivity contribution in [3.63, 3.8) is 0 Å². The smallest absolute Gasteiger partial charge is 0.189 e. The van der Waals surface area contributed by atoms with E-state index in [1.54, 1.807) is 18.2 Å². The fraction of sp³-hybridized carbons (Fsp3) is 0.118. The van der Waals surface area contributed by atoms with E-state index >= 15 is 0 Å². The molecule has 0 fully saturated rings. The van der Waals surface area contributed by atoms with Gasteiger partial charge in [0.15, 0.2) is 17.3 Å². The van der Waals surface area contributed by atoms with Crippen LogP contribution in [0.5, 0.6) is 17.2 Å². The number of allylic oxidation sites excluding steroid dienone is 1. The molecule has 0 unspecified atom stereocenters. The molecule has 0 bridgehead atoms. The Morgan fingerprint density at radius 2 is 1.86 bits per heavy atom. The van der Waals surface area contributed by atoms with Crippen molar-refractivity contribution in [2.45, 2.75) is 0 Å². The van der Waals surface area contributed by atoms with Crippen LogP contribution in [0.1, 0.15) is 15.9 Å². The summed E-state index contributed by atoms with van der Waals surface area (Å²) in [7, 11) is 0. The van der Waals surface area contributed by atoms with E-state index in [1.165, 1.54) is 12.1 Å². The molecule has 112 valence electrons. The highest BCUT2D eigenvalue weighted by Crippen LogP contribution is 2.31. The summed E-state index contributed by atoms with van der Waals surface area (Å²) in [5.74, 6) is 1.07. The molecule has 0 atom stereocenters. The van der Waals surface area contributed by atoms with Gasteiger partial charge in [-0.25, -0.2) is 0 Å². The highest BCUT2D eigenvalue weighted by Gasteiger charge is 2.12. The molecular formula is C17H13BrO4. The van der Waals surface area contributed by atoms with Crippen LogP contribution in [0.15, 0.2) is 46.9 Å². The van der Waals surface area contributed by atoms with Gasteiger partial charge in [-0.15, -0.1) is 0 Å². The van der Waals surface area contributed by atoms with Crippen LogP contribution < -0.4 is 9.47 Å². The number of carbonyl (C=O) groups is 1. The molecule has 22 heavy (non-hydrogen) atoms. The minimum atomic E-state index is -0.270. The van der Waals surface area contributed by atoms with Gasteiger partial charge in [0.2, 0.25) is 0 Å². The predicted molar refractivity (Wildman–Crippen MR) is 86.6 cm³/mol. The van der Waals surface area contributed by atoms with Gasteiger partial charge in [-0.2, -0.15) is 0 Å². The number of phenolic OH excluding ortho intramolecular Hbond substituents is 1. The fourth-order valence-electron chi connectivity index (χ4n) is 2.13. The van der Waals surface area contributed by atoms with Gasteiger partial charge < -0.3 is 14.6 Å². The lowest BCUT2D eigenvalue weighted by Crippen LogP contribution is -2.15. The third-order valence-corrected chi connectivity index (χ3v) is 3.71. The lowest BCUT2D eigenvalue weighted by Gasteiger charge is -2.18. The standard InChI is InChI=1S/C17H13BrO4/c18-12-3-5-15(20)13(10-12)14(19)4-1-11-2-6-16-17(9-11)22-8-7-21-16/h1-6,9-10,20H,7-8H2. The van der Waals surface area contributed by atoms with E-state index in [9.17, 15) is 9.90 Å². The van der Waals surface area contributed by atoms with Crippen molar-refractivity contribution in [3.05, 3.63) is 58.1 Å². The molecule has 0 aliphatic carbocycles. The van der Waals surface area contributed by atoms with Crippen molar-refractivity contribution >= 4 is 27.8 Å². The van der Waals surface area contributed by atoms with E-state index in [-0.39, 0.29) is 17.1 Å². The number of ketones is 1. The van der Waals surface area contributed by atoms with Gasteiger partial charge in [0.1, 0.15) is 19.0 Å². The van der Waals surface area contributed by atoms with Crippen molar-refractivity contribution in [2.24, 2.45) is 0 Å². The summed E-state index contributed by atoms with van der Waals surface area (Å²) in [5, 5.41) is 9.75. The van der Waals surface area contributed by atoms with Crippen LogP contribution in [0.25, 0.3) is 6.08 Å². The largest absolute Gasteiger partial charge is 0.507 e. The second-order valence-electron chi connectivity index (χ2n) is 4.76. The molecule has 0 amide bonds. The molecule has 2 aromatic rings. The first-order valence-electron chi connectivity index (χ1n) is 6.74. The molecule has 5 heteroatoms. The number of halogens is 1. The van der Waals surface area contributed by atoms with Crippen LogP contribution in [-0.2, 0) is 0 Å². The van der Waals surface area contributed by atoms with Gasteiger partial charge in [-0.3, -0.25) is 4.79 Å². The van der Waals surface area contributed by atoms with Crippen LogP contribution in [0, 0.1) is 0 Å². The Morgan fingerprint density at radius 3 is 2.68 bits per heavy atom. The number of carbonyl (C=O) groups excluding carboxylic acids is 1. The van der Waals surface area contributed by atoms with Gasteiger partial charge in [0, 0.05) is 4.47 Å². The highest BCUT2D eigenvalue weighted by atomic mass is 79.9. The average molecular weight is 361 g/mol. The van der Waals surface area contributed by atoms with E-state index in [0.717, 1.165) is 10.0 Å². The lowest BCUT2D eigenvalue weighted by molar-refractivity contribution is 0.104. The van der Waals surface area contributed by atoms with E-state index < -0.39 is 0 Å². The summed E-state index contributed by atoms with van der Waals surface area (Å²) < 4.78 is 11.7. The number of fused-ring (bicyclic) bond motifs is 1. The van der Waals surface area contributed by atoms with Gasteiger partial charge in [-0.1, -0.05) is 28.1 Å². The van der Waals surface area contributed by atoms with E-state index in [4.69, 9.17) is 9.47 Å². The van der Waals surface area contributed by atoms with Gasteiger partial charge in [0.05, 0.1) is 5.56 Å². The number of aromatic hydroxyl groups is 1. The molecule has 1 N–H and O–H groups in total. The number of rotatable bonds is 3. The summed E-state index contributed by atoms with van der Waals surface area (Å²) in [6.45, 7) is 1.06. The average Bonchev–Trinajstić information content (AvgIpc) is 2.54. The Kier molecular flexibility index (Phi) is 4.15. The fourth-order valence-corrected chi connectivity index (χ4v) is 2.49. The number of hydrogen-bond acceptors (Lipinski definition) is 4. The maximum Gasteiger partial charge on any atom is 0.189 e. The third kappa shape index (κ3) is 3.14. The molecule has 4 nitrogen and oxygen atoms in total. The Labute approximate surface area is 136 Å². The molecule has 0 aromatic heterocycles. The lowest BCUT2D eigenvalue weighted by atomic mass is 10.1. The minimum absolute atomic E-state index is 0.0416. The van der Waals surface area contributed by atoms with Gasteiger partial charge >= 0.3 is 0 Å². The molecule has 0 radical (unpaired) electrons. The number of ether oxygens (including phenoxy) is 2. The van der Waals surface area contributed by atoms with Crippen molar-refractivity contribution in [1.82, 2.24) is 0 Å². The molecule has 0 spiro atoms. The third-order valence-electron chi connectivity index (χ3n) is 3.22. The van der Waals surface area contributed by atoms with Gasteiger partial charge in [-0.05, 0) is 42.0 Å². The topological polar surface area (TPSA) is 55.8 Å². The molecule has 2 aromatic carbocycles.